The van der Waals surface area contributed by atoms with Crippen LogP contribution in [-0.4, -0.2) is 4.57 Å². The van der Waals surface area contributed by atoms with Crippen LogP contribution >= 0.6 is 11.6 Å². The lowest BCUT2D eigenvalue weighted by atomic mass is 10.00. The molecule has 35 heavy (non-hydrogen) atoms. The van der Waals surface area contributed by atoms with Crippen molar-refractivity contribution >= 4 is 76.9 Å². The summed E-state index contributed by atoms with van der Waals surface area (Å²) in [6.07, 6.45) is 0. The zero-order chi connectivity index (χ0) is 23.1. The number of halogens is 1. The molecule has 0 amide bonds. The Balaban J connectivity index is 1.64. The third-order valence-electron chi connectivity index (χ3n) is 7.24. The molecular weight excluding hydrogens is 450 g/mol. The summed E-state index contributed by atoms with van der Waals surface area (Å²) >= 11 is 6.61. The number of para-hydroxylation sites is 1. The fourth-order valence-electron chi connectivity index (χ4n) is 5.77. The van der Waals surface area contributed by atoms with Crippen LogP contribution in [0.25, 0.3) is 71.0 Å². The Bertz CT molecular complexity index is 2040. The van der Waals surface area contributed by atoms with E-state index in [2.05, 4.69) is 95.6 Å². The van der Waals surface area contributed by atoms with Gasteiger partial charge in [0.25, 0.3) is 0 Å². The molecule has 0 aliphatic carbocycles. The number of hydrogen-bond donors (Lipinski definition) is 0. The van der Waals surface area contributed by atoms with Crippen molar-refractivity contribution in [1.29, 1.82) is 0 Å². The third-order valence-corrected chi connectivity index (χ3v) is 7.55. The van der Waals surface area contributed by atoms with Crippen molar-refractivity contribution in [1.82, 2.24) is 4.57 Å². The maximum absolute atomic E-state index is 6.61. The summed E-state index contributed by atoms with van der Waals surface area (Å²) < 4.78 is 8.81. The number of fused-ring (bicyclic) bond motifs is 10. The Morgan fingerprint density at radius 2 is 1.11 bits per heavy atom. The highest BCUT2D eigenvalue weighted by Crippen LogP contribution is 2.43. The molecule has 0 spiro atoms. The SMILES string of the molecule is Clc1cccc2oc3c(-n4c5ccc6ccccc6c5c5c6ccccc6ccc54)cccc3c12. The second-order valence-corrected chi connectivity index (χ2v) is 9.47. The van der Waals surface area contributed by atoms with E-state index < -0.39 is 0 Å². The molecule has 2 heterocycles. The first-order valence-corrected chi connectivity index (χ1v) is 12.1. The van der Waals surface area contributed by atoms with Crippen molar-refractivity contribution in [2.24, 2.45) is 0 Å². The smallest absolute Gasteiger partial charge is 0.159 e. The van der Waals surface area contributed by atoms with E-state index in [0.717, 1.165) is 38.7 Å². The van der Waals surface area contributed by atoms with Crippen molar-refractivity contribution < 1.29 is 4.42 Å². The zero-order valence-corrected chi connectivity index (χ0v) is 19.4. The fourth-order valence-corrected chi connectivity index (χ4v) is 6.04. The second kappa shape index (κ2) is 6.88. The van der Waals surface area contributed by atoms with E-state index in [1.54, 1.807) is 0 Å². The molecule has 2 nitrogen and oxygen atoms in total. The summed E-state index contributed by atoms with van der Waals surface area (Å²) in [5.74, 6) is 0. The highest BCUT2D eigenvalue weighted by Gasteiger charge is 2.20. The van der Waals surface area contributed by atoms with Crippen LogP contribution in [0.15, 0.2) is 114 Å². The molecule has 0 N–H and O–H groups in total. The topological polar surface area (TPSA) is 18.1 Å². The van der Waals surface area contributed by atoms with Crippen LogP contribution in [0, 0.1) is 0 Å². The minimum atomic E-state index is 0.706. The van der Waals surface area contributed by atoms with Gasteiger partial charge in [0, 0.05) is 21.5 Å². The van der Waals surface area contributed by atoms with Gasteiger partial charge >= 0.3 is 0 Å². The van der Waals surface area contributed by atoms with Crippen LogP contribution in [0.1, 0.15) is 0 Å². The van der Waals surface area contributed by atoms with Crippen LogP contribution in [0.2, 0.25) is 5.02 Å². The van der Waals surface area contributed by atoms with E-state index in [1.807, 2.05) is 18.2 Å². The van der Waals surface area contributed by atoms with E-state index in [9.17, 15) is 0 Å². The van der Waals surface area contributed by atoms with Gasteiger partial charge in [0.1, 0.15) is 5.58 Å². The molecule has 0 radical (unpaired) electrons. The van der Waals surface area contributed by atoms with E-state index in [0.29, 0.717) is 5.02 Å². The number of benzene rings is 6. The van der Waals surface area contributed by atoms with Gasteiger partial charge in [0.05, 0.1) is 21.7 Å². The molecular formula is C32H18ClNO. The Morgan fingerprint density at radius 1 is 0.514 bits per heavy atom. The van der Waals surface area contributed by atoms with Crippen molar-refractivity contribution in [3.05, 3.63) is 114 Å². The predicted molar refractivity (Wildman–Crippen MR) is 148 cm³/mol. The number of rotatable bonds is 1. The summed E-state index contributed by atoms with van der Waals surface area (Å²) in [5.41, 5.74) is 4.98. The van der Waals surface area contributed by atoms with E-state index in [1.165, 1.54) is 32.3 Å². The molecule has 3 heteroatoms. The van der Waals surface area contributed by atoms with Gasteiger partial charge in [0.15, 0.2) is 5.58 Å². The molecule has 6 aromatic carbocycles. The average Bonchev–Trinajstić information content (AvgIpc) is 3.45. The van der Waals surface area contributed by atoms with Crippen LogP contribution in [-0.2, 0) is 0 Å². The largest absolute Gasteiger partial charge is 0.454 e. The van der Waals surface area contributed by atoms with E-state index >= 15 is 0 Å². The monoisotopic (exact) mass is 467 g/mol. The Hall–Kier alpha value is -4.27. The van der Waals surface area contributed by atoms with Gasteiger partial charge in [-0.15, -0.1) is 0 Å². The van der Waals surface area contributed by atoms with Crippen LogP contribution in [0.3, 0.4) is 0 Å². The summed E-state index contributed by atoms with van der Waals surface area (Å²) in [4.78, 5) is 0. The van der Waals surface area contributed by atoms with Crippen molar-refractivity contribution in [2.45, 2.75) is 0 Å². The molecule has 8 aromatic rings. The van der Waals surface area contributed by atoms with Gasteiger partial charge in [-0.1, -0.05) is 90.5 Å². The molecule has 0 aliphatic rings. The summed E-state index contributed by atoms with van der Waals surface area (Å²) in [7, 11) is 0. The minimum absolute atomic E-state index is 0.706. The maximum Gasteiger partial charge on any atom is 0.159 e. The van der Waals surface area contributed by atoms with Crippen molar-refractivity contribution in [3.63, 3.8) is 0 Å². The van der Waals surface area contributed by atoms with Crippen molar-refractivity contribution in [3.8, 4) is 5.69 Å². The van der Waals surface area contributed by atoms with Crippen LogP contribution in [0.4, 0.5) is 0 Å². The molecule has 0 saturated heterocycles. The number of hydrogen-bond acceptors (Lipinski definition) is 1. The first kappa shape index (κ1) is 19.1. The number of furan rings is 1. The normalized spacial score (nSPS) is 12.1. The van der Waals surface area contributed by atoms with Crippen LogP contribution in [0.5, 0.6) is 0 Å². The minimum Gasteiger partial charge on any atom is -0.454 e. The molecule has 0 aliphatic heterocycles. The molecule has 2 aromatic heterocycles. The Kier molecular flexibility index (Phi) is 3.75. The molecule has 0 fully saturated rings. The summed E-state index contributed by atoms with van der Waals surface area (Å²) in [6.45, 7) is 0. The number of nitrogens with zero attached hydrogens (tertiary/aromatic N) is 1. The molecule has 0 unspecified atom stereocenters. The highest BCUT2D eigenvalue weighted by atomic mass is 35.5. The fraction of sp³-hybridized carbons (Fsp3) is 0. The Labute approximate surface area is 205 Å². The van der Waals surface area contributed by atoms with Gasteiger partial charge in [-0.2, -0.15) is 0 Å². The zero-order valence-electron chi connectivity index (χ0n) is 18.6. The lowest BCUT2D eigenvalue weighted by Gasteiger charge is -2.09. The number of aromatic nitrogens is 1. The van der Waals surface area contributed by atoms with E-state index in [4.69, 9.17) is 16.0 Å². The predicted octanol–water partition coefficient (Wildman–Crippen LogP) is 9.64. The average molecular weight is 468 g/mol. The maximum atomic E-state index is 6.61. The van der Waals surface area contributed by atoms with E-state index in [-0.39, 0.29) is 0 Å². The van der Waals surface area contributed by atoms with Gasteiger partial charge < -0.3 is 8.98 Å². The third kappa shape index (κ3) is 2.49. The standard InChI is InChI=1S/C32H18ClNO/c33-24-12-6-14-28-29(24)23-11-5-13-27(32(23)35-28)34-25-17-15-19-7-1-3-9-21(19)30(25)31-22-10-4-2-8-20(22)16-18-26(31)34/h1-18H. The summed E-state index contributed by atoms with van der Waals surface area (Å²) in [5, 5.41) is 10.2. The first-order valence-electron chi connectivity index (χ1n) is 11.7. The molecule has 0 bridgehead atoms. The molecule has 164 valence electrons. The van der Waals surface area contributed by atoms with Gasteiger partial charge in [0.2, 0.25) is 0 Å². The molecule has 0 atom stereocenters. The molecule has 0 saturated carbocycles. The Morgan fingerprint density at radius 3 is 1.80 bits per heavy atom. The highest BCUT2D eigenvalue weighted by molar-refractivity contribution is 6.38. The lowest BCUT2D eigenvalue weighted by Crippen LogP contribution is -1.94. The quantitative estimate of drug-likeness (QED) is 0.235. The van der Waals surface area contributed by atoms with Gasteiger partial charge in [-0.3, -0.25) is 0 Å². The van der Waals surface area contributed by atoms with Gasteiger partial charge in [-0.05, 0) is 51.9 Å². The van der Waals surface area contributed by atoms with Crippen molar-refractivity contribution in [2.75, 3.05) is 0 Å². The summed E-state index contributed by atoms with van der Waals surface area (Å²) in [6, 6.07) is 38.3. The first-order chi connectivity index (χ1) is 17.3. The lowest BCUT2D eigenvalue weighted by molar-refractivity contribution is 0.666. The van der Waals surface area contributed by atoms with Crippen LogP contribution < -0.4 is 0 Å². The second-order valence-electron chi connectivity index (χ2n) is 9.07. The molecule has 8 rings (SSSR count). The van der Waals surface area contributed by atoms with Gasteiger partial charge in [-0.25, -0.2) is 0 Å².